The standard InChI is InChI=1S/C12H13BrN2O/c1-8(16)6-14-11-4-2-3-9-5-10(13)7-15-12(9)11/h2-5,7-8,14,16H,6H2,1H3. The highest BCUT2D eigenvalue weighted by molar-refractivity contribution is 9.10. The molecule has 84 valence electrons. The van der Waals surface area contributed by atoms with Gasteiger partial charge in [0.05, 0.1) is 17.3 Å². The first-order valence-electron chi connectivity index (χ1n) is 5.13. The minimum Gasteiger partial charge on any atom is -0.392 e. The largest absolute Gasteiger partial charge is 0.392 e. The highest BCUT2D eigenvalue weighted by Crippen LogP contribution is 2.23. The van der Waals surface area contributed by atoms with E-state index in [0.29, 0.717) is 6.54 Å². The van der Waals surface area contributed by atoms with Crippen LogP contribution in [0.1, 0.15) is 6.92 Å². The molecule has 0 amide bonds. The zero-order valence-electron chi connectivity index (χ0n) is 8.94. The number of pyridine rings is 1. The number of hydrogen-bond donors (Lipinski definition) is 2. The molecule has 1 atom stereocenters. The minimum absolute atomic E-state index is 0.370. The van der Waals surface area contributed by atoms with Gasteiger partial charge in [0.2, 0.25) is 0 Å². The molecule has 1 aromatic carbocycles. The van der Waals surface area contributed by atoms with E-state index >= 15 is 0 Å². The van der Waals surface area contributed by atoms with Crippen molar-refractivity contribution in [2.24, 2.45) is 0 Å². The molecule has 0 spiro atoms. The monoisotopic (exact) mass is 280 g/mol. The van der Waals surface area contributed by atoms with Crippen LogP contribution in [0.15, 0.2) is 34.9 Å². The summed E-state index contributed by atoms with van der Waals surface area (Å²) in [6, 6.07) is 7.98. The van der Waals surface area contributed by atoms with Crippen LogP contribution in [0.25, 0.3) is 10.9 Å². The van der Waals surface area contributed by atoms with Gasteiger partial charge in [-0.15, -0.1) is 0 Å². The fourth-order valence-corrected chi connectivity index (χ4v) is 1.88. The fraction of sp³-hybridized carbons (Fsp3) is 0.250. The number of para-hydroxylation sites is 1. The first-order chi connectivity index (χ1) is 7.66. The molecule has 1 aromatic heterocycles. The Hall–Kier alpha value is -1.13. The molecule has 0 aliphatic rings. The third kappa shape index (κ3) is 2.51. The maximum atomic E-state index is 9.24. The van der Waals surface area contributed by atoms with E-state index in [1.165, 1.54) is 0 Å². The SMILES string of the molecule is CC(O)CNc1cccc2cc(Br)cnc12. The molecule has 2 rings (SSSR count). The van der Waals surface area contributed by atoms with Crippen molar-refractivity contribution in [1.29, 1.82) is 0 Å². The Morgan fingerprint density at radius 2 is 2.31 bits per heavy atom. The lowest BCUT2D eigenvalue weighted by Crippen LogP contribution is -2.15. The quantitative estimate of drug-likeness (QED) is 0.909. The van der Waals surface area contributed by atoms with Gasteiger partial charge in [-0.1, -0.05) is 12.1 Å². The van der Waals surface area contributed by atoms with Crippen molar-refractivity contribution in [2.45, 2.75) is 13.0 Å². The van der Waals surface area contributed by atoms with Gasteiger partial charge in [0.15, 0.2) is 0 Å². The van der Waals surface area contributed by atoms with Crippen LogP contribution in [0.4, 0.5) is 5.69 Å². The molecule has 3 nitrogen and oxygen atoms in total. The molecule has 1 unspecified atom stereocenters. The van der Waals surface area contributed by atoms with Crippen molar-refractivity contribution in [3.8, 4) is 0 Å². The van der Waals surface area contributed by atoms with Gasteiger partial charge >= 0.3 is 0 Å². The summed E-state index contributed by atoms with van der Waals surface area (Å²) in [5.74, 6) is 0. The van der Waals surface area contributed by atoms with E-state index in [1.807, 2.05) is 24.3 Å². The number of hydrogen-bond acceptors (Lipinski definition) is 3. The Labute approximate surface area is 103 Å². The lowest BCUT2D eigenvalue weighted by Gasteiger charge is -2.10. The summed E-state index contributed by atoms with van der Waals surface area (Å²) in [7, 11) is 0. The van der Waals surface area contributed by atoms with Crippen LogP contribution in [0, 0.1) is 0 Å². The van der Waals surface area contributed by atoms with E-state index in [1.54, 1.807) is 13.1 Å². The van der Waals surface area contributed by atoms with Crippen molar-refractivity contribution in [1.82, 2.24) is 4.98 Å². The highest BCUT2D eigenvalue weighted by Gasteiger charge is 2.03. The van der Waals surface area contributed by atoms with Crippen molar-refractivity contribution in [2.75, 3.05) is 11.9 Å². The first-order valence-corrected chi connectivity index (χ1v) is 5.92. The molecule has 0 aliphatic heterocycles. The predicted octanol–water partition coefficient (Wildman–Crippen LogP) is 2.79. The van der Waals surface area contributed by atoms with Crippen LogP contribution < -0.4 is 5.32 Å². The van der Waals surface area contributed by atoms with Gasteiger partial charge in [0.25, 0.3) is 0 Å². The average Bonchev–Trinajstić information content (AvgIpc) is 2.25. The van der Waals surface area contributed by atoms with E-state index in [4.69, 9.17) is 0 Å². The molecule has 0 fully saturated rings. The van der Waals surface area contributed by atoms with Gasteiger partial charge in [0.1, 0.15) is 0 Å². The number of halogens is 1. The maximum Gasteiger partial charge on any atom is 0.0934 e. The molecule has 1 heterocycles. The van der Waals surface area contributed by atoms with Crippen molar-refractivity contribution in [3.63, 3.8) is 0 Å². The lowest BCUT2D eigenvalue weighted by molar-refractivity contribution is 0.208. The number of aliphatic hydroxyl groups excluding tert-OH is 1. The molecule has 2 aromatic rings. The Kier molecular flexibility index (Phi) is 3.41. The topological polar surface area (TPSA) is 45.1 Å². The Bertz CT molecular complexity index is 499. The van der Waals surface area contributed by atoms with Gasteiger partial charge in [-0.3, -0.25) is 4.98 Å². The van der Waals surface area contributed by atoms with E-state index in [0.717, 1.165) is 21.1 Å². The van der Waals surface area contributed by atoms with Crippen molar-refractivity contribution in [3.05, 3.63) is 34.9 Å². The second-order valence-electron chi connectivity index (χ2n) is 3.76. The van der Waals surface area contributed by atoms with E-state index in [9.17, 15) is 5.11 Å². The number of aliphatic hydroxyl groups is 1. The molecule has 0 radical (unpaired) electrons. The minimum atomic E-state index is -0.370. The Balaban J connectivity index is 2.38. The van der Waals surface area contributed by atoms with Crippen LogP contribution >= 0.6 is 15.9 Å². The highest BCUT2D eigenvalue weighted by atomic mass is 79.9. The Morgan fingerprint density at radius 1 is 1.50 bits per heavy atom. The number of fused-ring (bicyclic) bond motifs is 1. The van der Waals surface area contributed by atoms with Crippen LogP contribution in [-0.2, 0) is 0 Å². The molecule has 0 saturated heterocycles. The molecular formula is C12H13BrN2O. The summed E-state index contributed by atoms with van der Waals surface area (Å²) < 4.78 is 0.965. The number of anilines is 1. The summed E-state index contributed by atoms with van der Waals surface area (Å²) in [6.45, 7) is 2.28. The van der Waals surface area contributed by atoms with E-state index < -0.39 is 0 Å². The molecular weight excluding hydrogens is 268 g/mol. The van der Waals surface area contributed by atoms with Crippen molar-refractivity contribution >= 4 is 32.5 Å². The van der Waals surface area contributed by atoms with Crippen LogP contribution in [0.5, 0.6) is 0 Å². The molecule has 0 aliphatic carbocycles. The van der Waals surface area contributed by atoms with Gasteiger partial charge in [-0.2, -0.15) is 0 Å². The first kappa shape index (κ1) is 11.4. The van der Waals surface area contributed by atoms with Crippen LogP contribution in [0.2, 0.25) is 0 Å². The number of rotatable bonds is 3. The molecule has 0 bridgehead atoms. The van der Waals surface area contributed by atoms with E-state index in [2.05, 4.69) is 26.2 Å². The zero-order chi connectivity index (χ0) is 11.5. The van der Waals surface area contributed by atoms with Crippen LogP contribution in [-0.4, -0.2) is 22.7 Å². The number of nitrogens with one attached hydrogen (secondary N) is 1. The fourth-order valence-electron chi connectivity index (χ4n) is 1.53. The number of aromatic nitrogens is 1. The van der Waals surface area contributed by atoms with Gasteiger partial charge < -0.3 is 10.4 Å². The number of nitrogens with zero attached hydrogens (tertiary/aromatic N) is 1. The summed E-state index contributed by atoms with van der Waals surface area (Å²) in [6.07, 6.45) is 1.40. The lowest BCUT2D eigenvalue weighted by atomic mass is 10.2. The molecule has 2 N–H and O–H groups in total. The van der Waals surface area contributed by atoms with Crippen molar-refractivity contribution < 1.29 is 5.11 Å². The normalized spacial score (nSPS) is 12.7. The van der Waals surface area contributed by atoms with Gasteiger partial charge in [-0.25, -0.2) is 0 Å². The summed E-state index contributed by atoms with van der Waals surface area (Å²) in [5, 5.41) is 13.5. The predicted molar refractivity (Wildman–Crippen MR) is 69.6 cm³/mol. The third-order valence-electron chi connectivity index (χ3n) is 2.27. The summed E-state index contributed by atoms with van der Waals surface area (Å²) >= 11 is 3.40. The smallest absolute Gasteiger partial charge is 0.0934 e. The second kappa shape index (κ2) is 4.80. The number of benzene rings is 1. The van der Waals surface area contributed by atoms with E-state index in [-0.39, 0.29) is 6.10 Å². The van der Waals surface area contributed by atoms with Gasteiger partial charge in [0, 0.05) is 22.6 Å². The van der Waals surface area contributed by atoms with Crippen LogP contribution in [0.3, 0.4) is 0 Å². The molecule has 0 saturated carbocycles. The maximum absolute atomic E-state index is 9.24. The van der Waals surface area contributed by atoms with Gasteiger partial charge in [-0.05, 0) is 35.0 Å². The third-order valence-corrected chi connectivity index (χ3v) is 2.70. The zero-order valence-corrected chi connectivity index (χ0v) is 10.5. The Morgan fingerprint density at radius 3 is 3.06 bits per heavy atom. The summed E-state index contributed by atoms with van der Waals surface area (Å²) in [4.78, 5) is 4.37. The molecule has 16 heavy (non-hydrogen) atoms. The molecule has 4 heteroatoms. The average molecular weight is 281 g/mol. The summed E-state index contributed by atoms with van der Waals surface area (Å²) in [5.41, 5.74) is 1.87. The second-order valence-corrected chi connectivity index (χ2v) is 4.68.